The standard InChI is InChI=1S/C18H24N2O3/c1-23-14-12-20(11-13-21)10-9-18(22)19-17-8-4-6-15-5-2-3-7-16(15)17/h2-8,21H,9-14H2,1H3,(H,19,22). The highest BCUT2D eigenvalue weighted by atomic mass is 16.5. The molecule has 0 aliphatic carbocycles. The second-order valence-corrected chi connectivity index (χ2v) is 5.38. The van der Waals surface area contributed by atoms with E-state index < -0.39 is 0 Å². The van der Waals surface area contributed by atoms with Crippen molar-refractivity contribution in [3.05, 3.63) is 42.5 Å². The topological polar surface area (TPSA) is 61.8 Å². The lowest BCUT2D eigenvalue weighted by atomic mass is 10.1. The second kappa shape index (κ2) is 9.25. The van der Waals surface area contributed by atoms with E-state index in [0.29, 0.717) is 32.7 Å². The Kier molecular flexibility index (Phi) is 7.00. The van der Waals surface area contributed by atoms with E-state index in [9.17, 15) is 4.79 Å². The van der Waals surface area contributed by atoms with Crippen molar-refractivity contribution in [1.29, 1.82) is 0 Å². The number of benzene rings is 2. The molecule has 0 saturated heterocycles. The molecule has 0 aliphatic rings. The molecule has 0 fully saturated rings. The molecule has 0 bridgehead atoms. The molecule has 0 aliphatic heterocycles. The quantitative estimate of drug-likeness (QED) is 0.744. The number of ether oxygens (including phenoxy) is 1. The lowest BCUT2D eigenvalue weighted by Gasteiger charge is -2.20. The summed E-state index contributed by atoms with van der Waals surface area (Å²) < 4.78 is 5.05. The number of methoxy groups -OCH3 is 1. The van der Waals surface area contributed by atoms with E-state index in [0.717, 1.165) is 16.5 Å². The Morgan fingerprint density at radius 3 is 2.70 bits per heavy atom. The molecule has 0 unspecified atom stereocenters. The van der Waals surface area contributed by atoms with E-state index in [-0.39, 0.29) is 12.5 Å². The van der Waals surface area contributed by atoms with Gasteiger partial charge in [0.25, 0.3) is 0 Å². The van der Waals surface area contributed by atoms with Gasteiger partial charge in [0.2, 0.25) is 5.91 Å². The fourth-order valence-electron chi connectivity index (χ4n) is 2.50. The molecule has 23 heavy (non-hydrogen) atoms. The van der Waals surface area contributed by atoms with Crippen LogP contribution < -0.4 is 5.32 Å². The number of nitrogens with zero attached hydrogens (tertiary/aromatic N) is 1. The summed E-state index contributed by atoms with van der Waals surface area (Å²) in [5.41, 5.74) is 0.832. The van der Waals surface area contributed by atoms with E-state index in [1.807, 2.05) is 47.4 Å². The first-order chi connectivity index (χ1) is 11.2. The number of aliphatic hydroxyl groups excluding tert-OH is 1. The van der Waals surface area contributed by atoms with Gasteiger partial charge in [-0.05, 0) is 11.5 Å². The molecule has 1 amide bonds. The number of hydrogen-bond donors (Lipinski definition) is 2. The van der Waals surface area contributed by atoms with Crippen LogP contribution in [0, 0.1) is 0 Å². The smallest absolute Gasteiger partial charge is 0.225 e. The van der Waals surface area contributed by atoms with Crippen LogP contribution in [0.1, 0.15) is 6.42 Å². The molecule has 0 heterocycles. The summed E-state index contributed by atoms with van der Waals surface area (Å²) in [5.74, 6) is -0.0262. The van der Waals surface area contributed by atoms with Gasteiger partial charge in [0, 0.05) is 44.2 Å². The highest BCUT2D eigenvalue weighted by molar-refractivity contribution is 6.02. The van der Waals surface area contributed by atoms with Crippen molar-refractivity contribution in [1.82, 2.24) is 4.90 Å². The summed E-state index contributed by atoms with van der Waals surface area (Å²) in [6.07, 6.45) is 0.382. The van der Waals surface area contributed by atoms with Gasteiger partial charge in [-0.15, -0.1) is 0 Å². The monoisotopic (exact) mass is 316 g/mol. The van der Waals surface area contributed by atoms with Gasteiger partial charge in [-0.3, -0.25) is 9.69 Å². The van der Waals surface area contributed by atoms with E-state index in [1.165, 1.54) is 0 Å². The largest absolute Gasteiger partial charge is 0.395 e. The summed E-state index contributed by atoms with van der Waals surface area (Å²) in [4.78, 5) is 14.2. The molecule has 0 aromatic heterocycles. The van der Waals surface area contributed by atoms with Crippen LogP contribution in [0.25, 0.3) is 10.8 Å². The van der Waals surface area contributed by atoms with Gasteiger partial charge in [-0.25, -0.2) is 0 Å². The van der Waals surface area contributed by atoms with Gasteiger partial charge in [-0.1, -0.05) is 36.4 Å². The zero-order valence-corrected chi connectivity index (χ0v) is 13.5. The van der Waals surface area contributed by atoms with Crippen LogP contribution in [-0.2, 0) is 9.53 Å². The average molecular weight is 316 g/mol. The normalized spacial score (nSPS) is 11.1. The minimum absolute atomic E-state index is 0.0262. The van der Waals surface area contributed by atoms with Crippen LogP contribution in [0.3, 0.4) is 0 Å². The maximum atomic E-state index is 12.2. The lowest BCUT2D eigenvalue weighted by Crippen LogP contribution is -2.33. The third-order valence-corrected chi connectivity index (χ3v) is 3.75. The maximum Gasteiger partial charge on any atom is 0.225 e. The number of amides is 1. The number of carbonyl (C=O) groups is 1. The van der Waals surface area contributed by atoms with Gasteiger partial charge in [0.15, 0.2) is 0 Å². The zero-order chi connectivity index (χ0) is 16.5. The van der Waals surface area contributed by atoms with Gasteiger partial charge >= 0.3 is 0 Å². The maximum absolute atomic E-state index is 12.2. The molecule has 5 nitrogen and oxygen atoms in total. The number of carbonyl (C=O) groups excluding carboxylic acids is 1. The SMILES string of the molecule is COCCN(CCO)CCC(=O)Nc1cccc2ccccc12. The van der Waals surface area contributed by atoms with Crippen LogP contribution in [0.15, 0.2) is 42.5 Å². The Bertz CT molecular complexity index is 625. The summed E-state index contributed by atoms with van der Waals surface area (Å²) in [6.45, 7) is 2.52. The molecule has 2 aromatic rings. The fraction of sp³-hybridized carbons (Fsp3) is 0.389. The van der Waals surface area contributed by atoms with Crippen molar-refractivity contribution < 1.29 is 14.6 Å². The molecule has 2 aromatic carbocycles. The highest BCUT2D eigenvalue weighted by Crippen LogP contribution is 2.22. The number of hydrogen-bond acceptors (Lipinski definition) is 4. The Morgan fingerprint density at radius 1 is 1.13 bits per heavy atom. The minimum atomic E-state index is -0.0262. The van der Waals surface area contributed by atoms with Gasteiger partial charge in [0.1, 0.15) is 0 Å². The van der Waals surface area contributed by atoms with Gasteiger partial charge in [-0.2, -0.15) is 0 Å². The summed E-state index contributed by atoms with van der Waals surface area (Å²) in [5, 5.41) is 14.2. The first kappa shape index (κ1) is 17.4. The molecule has 2 rings (SSSR count). The van der Waals surface area contributed by atoms with Crippen LogP contribution in [0.2, 0.25) is 0 Å². The molecular formula is C18H24N2O3. The third kappa shape index (κ3) is 5.32. The molecule has 0 saturated carbocycles. The number of nitrogens with one attached hydrogen (secondary N) is 1. The Balaban J connectivity index is 1.93. The van der Waals surface area contributed by atoms with E-state index in [2.05, 4.69) is 5.32 Å². The average Bonchev–Trinajstić information content (AvgIpc) is 2.58. The first-order valence-corrected chi connectivity index (χ1v) is 7.84. The van der Waals surface area contributed by atoms with Crippen molar-refractivity contribution >= 4 is 22.4 Å². The van der Waals surface area contributed by atoms with Gasteiger partial charge < -0.3 is 15.2 Å². The van der Waals surface area contributed by atoms with Crippen LogP contribution in [0.4, 0.5) is 5.69 Å². The zero-order valence-electron chi connectivity index (χ0n) is 13.5. The van der Waals surface area contributed by atoms with Crippen molar-refractivity contribution in [2.45, 2.75) is 6.42 Å². The van der Waals surface area contributed by atoms with Crippen molar-refractivity contribution in [2.24, 2.45) is 0 Å². The van der Waals surface area contributed by atoms with Crippen LogP contribution in [-0.4, -0.2) is 55.9 Å². The predicted molar refractivity (Wildman–Crippen MR) is 92.6 cm³/mol. The molecular weight excluding hydrogens is 292 g/mol. The van der Waals surface area contributed by atoms with Crippen molar-refractivity contribution in [2.75, 3.05) is 45.3 Å². The van der Waals surface area contributed by atoms with E-state index in [4.69, 9.17) is 9.84 Å². The van der Waals surface area contributed by atoms with Crippen molar-refractivity contribution in [3.63, 3.8) is 0 Å². The Morgan fingerprint density at radius 2 is 1.91 bits per heavy atom. The van der Waals surface area contributed by atoms with E-state index in [1.54, 1.807) is 7.11 Å². The number of fused-ring (bicyclic) bond motifs is 1. The van der Waals surface area contributed by atoms with Crippen LogP contribution >= 0.6 is 0 Å². The number of anilines is 1. The number of rotatable bonds is 9. The fourth-order valence-corrected chi connectivity index (χ4v) is 2.50. The number of aliphatic hydroxyl groups is 1. The van der Waals surface area contributed by atoms with Crippen molar-refractivity contribution in [3.8, 4) is 0 Å². The molecule has 2 N–H and O–H groups in total. The highest BCUT2D eigenvalue weighted by Gasteiger charge is 2.09. The predicted octanol–water partition coefficient (Wildman–Crippen LogP) is 2.11. The minimum Gasteiger partial charge on any atom is -0.395 e. The molecule has 0 atom stereocenters. The Hall–Kier alpha value is -1.95. The summed E-state index contributed by atoms with van der Waals surface area (Å²) >= 11 is 0. The summed E-state index contributed by atoms with van der Waals surface area (Å²) in [7, 11) is 1.64. The first-order valence-electron chi connectivity index (χ1n) is 7.84. The molecule has 5 heteroatoms. The molecule has 0 spiro atoms. The van der Waals surface area contributed by atoms with E-state index >= 15 is 0 Å². The molecule has 124 valence electrons. The third-order valence-electron chi connectivity index (χ3n) is 3.75. The Labute approximate surface area is 136 Å². The van der Waals surface area contributed by atoms with Gasteiger partial charge in [0.05, 0.1) is 13.2 Å². The lowest BCUT2D eigenvalue weighted by molar-refractivity contribution is -0.116. The van der Waals surface area contributed by atoms with Crippen LogP contribution in [0.5, 0.6) is 0 Å². The second-order valence-electron chi connectivity index (χ2n) is 5.38. The summed E-state index contributed by atoms with van der Waals surface area (Å²) in [6, 6.07) is 13.9. The molecule has 0 radical (unpaired) electrons.